The third-order valence-electron chi connectivity index (χ3n) is 4.14. The number of hydrogen-bond acceptors (Lipinski definition) is 1. The number of nitrogens with two attached hydrogens (primary N) is 1. The van der Waals surface area contributed by atoms with Gasteiger partial charge >= 0.3 is 0 Å². The van der Waals surface area contributed by atoms with E-state index in [9.17, 15) is 0 Å². The molecule has 0 saturated carbocycles. The highest BCUT2D eigenvalue weighted by Crippen LogP contribution is 2.38. The second kappa shape index (κ2) is 4.15. The van der Waals surface area contributed by atoms with E-state index in [2.05, 4.69) is 43.3 Å². The molecule has 0 amide bonds. The Morgan fingerprint density at radius 3 is 2.88 bits per heavy atom. The van der Waals surface area contributed by atoms with Gasteiger partial charge in [-0.25, -0.2) is 0 Å². The highest BCUT2D eigenvalue weighted by molar-refractivity contribution is 5.45. The first-order chi connectivity index (χ1) is 8.27. The van der Waals surface area contributed by atoms with Crippen molar-refractivity contribution in [2.24, 2.45) is 11.7 Å². The molecule has 1 heteroatoms. The van der Waals surface area contributed by atoms with E-state index in [4.69, 9.17) is 5.73 Å². The fraction of sp³-hybridized carbons (Fsp3) is 0.375. The molecule has 1 aromatic carbocycles. The molecule has 1 nitrogen and oxygen atoms in total. The van der Waals surface area contributed by atoms with Crippen molar-refractivity contribution in [2.75, 3.05) is 0 Å². The number of fused-ring (bicyclic) bond motifs is 1. The Morgan fingerprint density at radius 1 is 1.18 bits per heavy atom. The molecular formula is C16H19N. The molecule has 88 valence electrons. The van der Waals surface area contributed by atoms with Crippen LogP contribution in [0.25, 0.3) is 0 Å². The molecule has 2 N–H and O–H groups in total. The summed E-state index contributed by atoms with van der Waals surface area (Å²) >= 11 is 0. The summed E-state index contributed by atoms with van der Waals surface area (Å²) < 4.78 is 0. The molecule has 17 heavy (non-hydrogen) atoms. The fourth-order valence-electron chi connectivity index (χ4n) is 3.13. The van der Waals surface area contributed by atoms with Crippen LogP contribution < -0.4 is 5.73 Å². The largest absolute Gasteiger partial charge is 0.320 e. The highest BCUT2D eigenvalue weighted by Gasteiger charge is 2.25. The molecule has 0 aromatic heterocycles. The van der Waals surface area contributed by atoms with Gasteiger partial charge in [0.15, 0.2) is 0 Å². The Kier molecular flexibility index (Phi) is 2.64. The maximum absolute atomic E-state index is 6.45. The molecule has 0 aliphatic heterocycles. The lowest BCUT2D eigenvalue weighted by Gasteiger charge is -2.24. The molecule has 0 radical (unpaired) electrons. The van der Waals surface area contributed by atoms with Gasteiger partial charge in [-0.2, -0.15) is 0 Å². The zero-order valence-corrected chi connectivity index (χ0v) is 10.3. The molecule has 0 spiro atoms. The summed E-state index contributed by atoms with van der Waals surface area (Å²) in [6.07, 6.45) is 8.01. The van der Waals surface area contributed by atoms with Crippen LogP contribution in [0.4, 0.5) is 0 Å². The van der Waals surface area contributed by atoms with E-state index >= 15 is 0 Å². The number of hydrogen-bond donors (Lipinski definition) is 1. The van der Waals surface area contributed by atoms with Gasteiger partial charge in [0, 0.05) is 0 Å². The van der Waals surface area contributed by atoms with Gasteiger partial charge in [0.05, 0.1) is 6.04 Å². The van der Waals surface area contributed by atoms with Crippen LogP contribution in [-0.4, -0.2) is 0 Å². The van der Waals surface area contributed by atoms with E-state index in [0.717, 1.165) is 6.42 Å². The first-order valence-corrected chi connectivity index (χ1v) is 6.50. The highest BCUT2D eigenvalue weighted by atomic mass is 14.6. The molecule has 3 rings (SSSR count). The maximum Gasteiger partial charge on any atom is 0.0553 e. The molecule has 2 aliphatic carbocycles. The standard InChI is InChI=1S/C16H19N/c1-11-5-4-8-15-13(11)10-9-12-6-2-3-7-14(12)16(15)17/h2-4,6-8,11,16H,5,9-10,17H2,1H3. The minimum atomic E-state index is 0.0719. The zero-order chi connectivity index (χ0) is 11.8. The predicted molar refractivity (Wildman–Crippen MR) is 71.6 cm³/mol. The van der Waals surface area contributed by atoms with Gasteiger partial charge in [-0.3, -0.25) is 0 Å². The van der Waals surface area contributed by atoms with E-state index in [1.165, 1.54) is 29.5 Å². The lowest BCUT2D eigenvalue weighted by Crippen LogP contribution is -2.17. The lowest BCUT2D eigenvalue weighted by atomic mass is 9.84. The number of aryl methyl sites for hydroxylation is 1. The smallest absolute Gasteiger partial charge is 0.0553 e. The van der Waals surface area contributed by atoms with E-state index < -0.39 is 0 Å². The van der Waals surface area contributed by atoms with Crippen LogP contribution in [0.1, 0.15) is 36.9 Å². The van der Waals surface area contributed by atoms with Crippen molar-refractivity contribution in [3.05, 3.63) is 58.7 Å². The van der Waals surface area contributed by atoms with Gasteiger partial charge in [0.2, 0.25) is 0 Å². The van der Waals surface area contributed by atoms with Gasteiger partial charge in [-0.15, -0.1) is 0 Å². The molecule has 0 heterocycles. The van der Waals surface area contributed by atoms with Crippen molar-refractivity contribution in [3.8, 4) is 0 Å². The summed E-state index contributed by atoms with van der Waals surface area (Å²) in [5.74, 6) is 0.662. The second-order valence-electron chi connectivity index (χ2n) is 5.20. The third kappa shape index (κ3) is 1.75. The van der Waals surface area contributed by atoms with Crippen molar-refractivity contribution >= 4 is 0 Å². The average molecular weight is 225 g/mol. The van der Waals surface area contributed by atoms with Crippen LogP contribution >= 0.6 is 0 Å². The summed E-state index contributed by atoms with van der Waals surface area (Å²) in [6.45, 7) is 2.32. The number of allylic oxidation sites excluding steroid dienone is 2. The number of rotatable bonds is 0. The fourth-order valence-corrected chi connectivity index (χ4v) is 3.13. The Hall–Kier alpha value is -1.34. The molecule has 0 bridgehead atoms. The minimum absolute atomic E-state index is 0.0719. The van der Waals surface area contributed by atoms with Gasteiger partial charge in [-0.1, -0.05) is 48.9 Å². The first-order valence-electron chi connectivity index (χ1n) is 6.50. The van der Waals surface area contributed by atoms with E-state index in [-0.39, 0.29) is 6.04 Å². The summed E-state index contributed by atoms with van der Waals surface area (Å²) in [5.41, 5.74) is 12.1. The van der Waals surface area contributed by atoms with Crippen LogP contribution in [0.2, 0.25) is 0 Å². The first kappa shape index (κ1) is 10.8. The van der Waals surface area contributed by atoms with Crippen LogP contribution in [0.3, 0.4) is 0 Å². The Morgan fingerprint density at radius 2 is 2.00 bits per heavy atom. The third-order valence-corrected chi connectivity index (χ3v) is 4.14. The summed E-state index contributed by atoms with van der Waals surface area (Å²) in [4.78, 5) is 0. The Bertz CT molecular complexity index is 496. The number of benzene rings is 1. The summed E-state index contributed by atoms with van der Waals surface area (Å²) in [5, 5.41) is 0. The average Bonchev–Trinajstić information content (AvgIpc) is 2.50. The Balaban J connectivity index is 2.10. The molecule has 1 aromatic rings. The SMILES string of the molecule is CC1CC=CC2=C1CCc1ccccc1C2N. The van der Waals surface area contributed by atoms with E-state index in [1.807, 2.05) is 0 Å². The van der Waals surface area contributed by atoms with Gasteiger partial charge in [-0.05, 0) is 41.9 Å². The van der Waals surface area contributed by atoms with Crippen molar-refractivity contribution in [1.82, 2.24) is 0 Å². The topological polar surface area (TPSA) is 26.0 Å². The summed E-state index contributed by atoms with van der Waals surface area (Å²) in [6, 6.07) is 8.70. The van der Waals surface area contributed by atoms with E-state index in [1.54, 1.807) is 5.57 Å². The quantitative estimate of drug-likeness (QED) is 0.718. The minimum Gasteiger partial charge on any atom is -0.320 e. The molecule has 0 fully saturated rings. The molecular weight excluding hydrogens is 206 g/mol. The predicted octanol–water partition coefficient (Wildman–Crippen LogP) is 3.53. The molecule has 2 atom stereocenters. The van der Waals surface area contributed by atoms with Crippen LogP contribution in [0.5, 0.6) is 0 Å². The van der Waals surface area contributed by atoms with Crippen LogP contribution in [-0.2, 0) is 6.42 Å². The van der Waals surface area contributed by atoms with Crippen LogP contribution in [0, 0.1) is 5.92 Å². The second-order valence-corrected chi connectivity index (χ2v) is 5.20. The molecule has 2 unspecified atom stereocenters. The van der Waals surface area contributed by atoms with E-state index in [0.29, 0.717) is 5.92 Å². The van der Waals surface area contributed by atoms with Crippen molar-refractivity contribution < 1.29 is 0 Å². The normalized spacial score (nSPS) is 27.4. The van der Waals surface area contributed by atoms with Crippen LogP contribution in [0.15, 0.2) is 47.6 Å². The van der Waals surface area contributed by atoms with Crippen molar-refractivity contribution in [3.63, 3.8) is 0 Å². The van der Waals surface area contributed by atoms with Gasteiger partial charge < -0.3 is 5.73 Å². The maximum atomic E-state index is 6.45. The van der Waals surface area contributed by atoms with Gasteiger partial charge in [0.1, 0.15) is 0 Å². The zero-order valence-electron chi connectivity index (χ0n) is 10.3. The Labute approximate surface area is 103 Å². The monoisotopic (exact) mass is 225 g/mol. The molecule has 2 aliphatic rings. The van der Waals surface area contributed by atoms with Crippen molar-refractivity contribution in [1.29, 1.82) is 0 Å². The van der Waals surface area contributed by atoms with Gasteiger partial charge in [0.25, 0.3) is 0 Å². The van der Waals surface area contributed by atoms with Crippen molar-refractivity contribution in [2.45, 2.75) is 32.2 Å². The molecule has 0 saturated heterocycles. The lowest BCUT2D eigenvalue weighted by molar-refractivity contribution is 0.631. The summed E-state index contributed by atoms with van der Waals surface area (Å²) in [7, 11) is 0.